The van der Waals surface area contributed by atoms with Crippen LogP contribution in [0.2, 0.25) is 0 Å². The summed E-state index contributed by atoms with van der Waals surface area (Å²) < 4.78 is 9.78. The van der Waals surface area contributed by atoms with E-state index < -0.39 is 12.7 Å². The van der Waals surface area contributed by atoms with Gasteiger partial charge in [0.15, 0.2) is 0 Å². The Hall–Kier alpha value is -5.32. The van der Waals surface area contributed by atoms with E-state index in [1.54, 1.807) is 0 Å². The first kappa shape index (κ1) is 28.2. The minimum absolute atomic E-state index is 0.969. The molecule has 4 aromatic carbocycles. The number of hydrogen-bond acceptors (Lipinski definition) is 2. The lowest BCUT2D eigenvalue weighted by molar-refractivity contribution is -0.583. The number of aryl methyl sites for hydroxylation is 6. The predicted molar refractivity (Wildman–Crippen MR) is 190 cm³/mol. The number of nitrogens with zero attached hydrogens (tertiary/aromatic N) is 6. The van der Waals surface area contributed by atoms with Crippen LogP contribution in [0.25, 0.3) is 0 Å². The maximum Gasteiger partial charge on any atom is 0.416 e. The van der Waals surface area contributed by atoms with Crippen LogP contribution in [-0.2, 0) is 14.1 Å². The second-order valence-corrected chi connectivity index (χ2v) is 13.2. The van der Waals surface area contributed by atoms with Gasteiger partial charge in [0.25, 0.3) is 0 Å². The first-order chi connectivity index (χ1) is 22.3. The highest BCUT2D eigenvalue weighted by atomic mass is 15.4. The summed E-state index contributed by atoms with van der Waals surface area (Å²) in [6, 6.07) is 35.0. The van der Waals surface area contributed by atoms with Crippen LogP contribution in [0.3, 0.4) is 0 Å². The molecule has 0 spiro atoms. The van der Waals surface area contributed by atoms with Crippen molar-refractivity contribution >= 4 is 52.3 Å². The second kappa shape index (κ2) is 10.1. The smallest absolute Gasteiger partial charge is 0.416 e. The lowest BCUT2D eigenvalue weighted by Crippen LogP contribution is -3.11. The van der Waals surface area contributed by atoms with Crippen LogP contribution in [0, 0.1) is 27.7 Å². The largest absolute Gasteiger partial charge is 0.489 e. The van der Waals surface area contributed by atoms with E-state index in [2.05, 4.69) is 192 Å². The molecule has 0 radical (unpaired) electrons. The average Bonchev–Trinajstić information content (AvgIpc) is 3.66. The number of imidazole rings is 2. The number of para-hydroxylation sites is 2. The van der Waals surface area contributed by atoms with Crippen molar-refractivity contribution in [2.75, 3.05) is 4.81 Å². The summed E-state index contributed by atoms with van der Waals surface area (Å²) in [6.07, 6.45) is 5.34. The van der Waals surface area contributed by atoms with Crippen LogP contribution in [0.1, 0.15) is 22.3 Å². The van der Waals surface area contributed by atoms with Crippen LogP contribution in [0.4, 0.5) is 11.4 Å². The van der Waals surface area contributed by atoms with E-state index in [0.29, 0.717) is 0 Å². The van der Waals surface area contributed by atoms with E-state index in [1.165, 1.54) is 39.2 Å². The third kappa shape index (κ3) is 3.48. The Kier molecular flexibility index (Phi) is 6.18. The van der Waals surface area contributed by atoms with Crippen molar-refractivity contribution < 1.29 is 8.96 Å². The second-order valence-electron chi connectivity index (χ2n) is 13.2. The predicted octanol–water partition coefficient (Wildman–Crippen LogP) is 3.14. The number of fused-ring (bicyclic) bond motifs is 1. The van der Waals surface area contributed by atoms with Crippen LogP contribution < -0.4 is 36.1 Å². The summed E-state index contributed by atoms with van der Waals surface area (Å²) in [5.41, 5.74) is 12.8. The number of benzene rings is 4. The van der Waals surface area contributed by atoms with Gasteiger partial charge < -0.3 is 13.8 Å². The number of aromatic nitrogens is 4. The quantitative estimate of drug-likeness (QED) is 0.226. The molecule has 3 aliphatic heterocycles. The van der Waals surface area contributed by atoms with Gasteiger partial charge in [-0.15, -0.1) is 10.9 Å². The van der Waals surface area contributed by atoms with Gasteiger partial charge in [-0.1, -0.05) is 103 Å². The molecule has 9 rings (SSSR count). The highest BCUT2D eigenvalue weighted by Crippen LogP contribution is 2.37. The minimum Gasteiger partial charge on any atom is -0.489 e. The zero-order valence-electron chi connectivity index (χ0n) is 27.4. The van der Waals surface area contributed by atoms with Gasteiger partial charge in [-0.3, -0.25) is 9.13 Å². The van der Waals surface area contributed by atoms with Crippen molar-refractivity contribution in [2.45, 2.75) is 27.7 Å². The summed E-state index contributed by atoms with van der Waals surface area (Å²) in [5, 5.41) is 0. The summed E-state index contributed by atoms with van der Waals surface area (Å²) in [6.45, 7) is 8.74. The SMILES string of the molecule is Cc1cccc(C)c1N=C=C1N(c2c(C)cccc2C)[B@-]2(c3ccccc3)c3n(C)cc[n+]3[B@@-]1(c1ccccc1)c1n(C)cc[n+]12. The summed E-state index contributed by atoms with van der Waals surface area (Å²) >= 11 is 0. The summed E-state index contributed by atoms with van der Waals surface area (Å²) in [4.78, 5) is 7.93. The molecule has 3 aliphatic rings. The molecule has 226 valence electrons. The van der Waals surface area contributed by atoms with Crippen molar-refractivity contribution in [3.05, 3.63) is 150 Å². The van der Waals surface area contributed by atoms with Gasteiger partial charge in [0.05, 0.1) is 37.9 Å². The van der Waals surface area contributed by atoms with Crippen LogP contribution in [0.15, 0.2) is 132 Å². The normalized spacial score (nSPS) is 19.5. The Balaban J connectivity index is 1.68. The first-order valence-electron chi connectivity index (χ1n) is 16.2. The molecular weight excluding hydrogens is 562 g/mol. The molecule has 0 aliphatic carbocycles. The molecule has 2 atom stereocenters. The Morgan fingerprint density at radius 3 is 1.72 bits per heavy atom. The lowest BCUT2D eigenvalue weighted by atomic mass is 9.18. The summed E-state index contributed by atoms with van der Waals surface area (Å²) in [5.74, 6) is 3.85. The zero-order chi connectivity index (χ0) is 31.8. The fraction of sp³-hybridized carbons (Fsp3) is 0.158. The molecule has 5 heterocycles. The van der Waals surface area contributed by atoms with E-state index in [1.807, 2.05) is 0 Å². The zero-order valence-corrected chi connectivity index (χ0v) is 27.4. The number of rotatable bonds is 4. The van der Waals surface area contributed by atoms with Gasteiger partial charge >= 0.3 is 12.7 Å². The average molecular weight is 600 g/mol. The molecule has 0 N–H and O–H groups in total. The molecule has 2 aromatic heterocycles. The molecule has 0 unspecified atom stereocenters. The first-order valence-corrected chi connectivity index (χ1v) is 16.2. The van der Waals surface area contributed by atoms with Gasteiger partial charge in [-0.05, 0) is 55.8 Å². The Labute approximate surface area is 271 Å². The van der Waals surface area contributed by atoms with Crippen molar-refractivity contribution in [3.63, 3.8) is 0 Å². The molecule has 0 saturated heterocycles. The lowest BCUT2D eigenvalue weighted by Gasteiger charge is -2.64. The Bertz CT molecular complexity index is 2190. The highest BCUT2D eigenvalue weighted by molar-refractivity contribution is 7.11. The topological polar surface area (TPSA) is 33.2 Å². The van der Waals surface area contributed by atoms with Crippen molar-refractivity contribution in [1.29, 1.82) is 0 Å². The molecule has 0 saturated carbocycles. The maximum atomic E-state index is 5.30. The van der Waals surface area contributed by atoms with Gasteiger partial charge in [0.1, 0.15) is 18.1 Å². The van der Waals surface area contributed by atoms with E-state index in [4.69, 9.17) is 4.99 Å². The summed E-state index contributed by atoms with van der Waals surface area (Å²) in [7, 11) is 4.37. The van der Waals surface area contributed by atoms with Crippen LogP contribution in [0.5, 0.6) is 0 Å². The van der Waals surface area contributed by atoms with Gasteiger partial charge in [0, 0.05) is 5.69 Å². The Morgan fingerprint density at radius 1 is 0.587 bits per heavy atom. The fourth-order valence-corrected chi connectivity index (χ4v) is 8.92. The highest BCUT2D eigenvalue weighted by Gasteiger charge is 2.68. The van der Waals surface area contributed by atoms with Gasteiger partial charge in [-0.25, -0.2) is 4.99 Å². The third-order valence-electron chi connectivity index (χ3n) is 10.7. The minimum atomic E-state index is -1.83. The maximum absolute atomic E-state index is 5.30. The van der Waals surface area contributed by atoms with E-state index in [9.17, 15) is 0 Å². The van der Waals surface area contributed by atoms with Crippen LogP contribution in [-0.4, -0.2) is 27.7 Å². The van der Waals surface area contributed by atoms with E-state index >= 15 is 0 Å². The molecule has 2 bridgehead atoms. The standard InChI is InChI=1S/C38H38B2N6/c1-28-15-13-16-29(2)35(28)41-27-34-39(32-19-9-7-10-20-32)37-42(5)24-26-45(37)40(33-21-11-8-12-22-33,38-43(6)23-25-44(38)39)46(34)36-30(3)17-14-18-31(36)4/h7-26H,1-6H3/t39-,40-/m1/s1. The number of hydrogen-bond donors (Lipinski definition) is 0. The molecule has 8 heteroatoms. The van der Waals surface area contributed by atoms with Crippen molar-refractivity contribution in [1.82, 2.24) is 9.13 Å². The van der Waals surface area contributed by atoms with Gasteiger partial charge in [-0.2, -0.15) is 0 Å². The molecule has 0 fully saturated rings. The van der Waals surface area contributed by atoms with Crippen molar-refractivity contribution in [3.8, 4) is 0 Å². The van der Waals surface area contributed by atoms with E-state index in [0.717, 1.165) is 22.4 Å². The third-order valence-corrected chi connectivity index (χ3v) is 10.7. The molecular formula is C38H38B2N6. The molecule has 0 amide bonds. The van der Waals surface area contributed by atoms with Gasteiger partial charge in [0.2, 0.25) is 0 Å². The molecule has 6 nitrogen and oxygen atoms in total. The molecule has 46 heavy (non-hydrogen) atoms. The molecule has 6 aromatic rings. The monoisotopic (exact) mass is 600 g/mol. The van der Waals surface area contributed by atoms with E-state index in [-0.39, 0.29) is 0 Å². The van der Waals surface area contributed by atoms with Crippen LogP contribution >= 0.6 is 0 Å². The Morgan fingerprint density at radius 2 is 1.11 bits per heavy atom. The number of anilines is 1. The number of aliphatic imine (C=N–C) groups is 1. The van der Waals surface area contributed by atoms with Crippen molar-refractivity contribution in [2.24, 2.45) is 19.1 Å². The fourth-order valence-electron chi connectivity index (χ4n) is 8.92.